The van der Waals surface area contributed by atoms with E-state index in [0.29, 0.717) is 16.3 Å². The molecule has 0 spiro atoms. The van der Waals surface area contributed by atoms with Gasteiger partial charge in [-0.25, -0.2) is 4.98 Å². The standard InChI is InChI=1S/C10H8N2OS/c11-8-3-1-2-7(6-8)9(13)10-12-4-5-14-10/h1-6H,11H2. The summed E-state index contributed by atoms with van der Waals surface area (Å²) in [6.07, 6.45) is 1.62. The van der Waals surface area contributed by atoms with Crippen LogP contribution in [0.2, 0.25) is 0 Å². The second kappa shape index (κ2) is 3.59. The van der Waals surface area contributed by atoms with Crippen LogP contribution in [-0.4, -0.2) is 10.8 Å². The fourth-order valence-electron chi connectivity index (χ4n) is 1.14. The number of nitrogens with two attached hydrogens (primary N) is 1. The third-order valence-electron chi connectivity index (χ3n) is 1.78. The number of carbonyl (C=O) groups excluding carboxylic acids is 1. The third-order valence-corrected chi connectivity index (χ3v) is 2.55. The topological polar surface area (TPSA) is 56.0 Å². The molecular weight excluding hydrogens is 196 g/mol. The molecule has 4 heteroatoms. The van der Waals surface area contributed by atoms with Crippen molar-refractivity contribution >= 4 is 22.8 Å². The molecular formula is C10H8N2OS. The van der Waals surface area contributed by atoms with Gasteiger partial charge in [0.25, 0.3) is 0 Å². The van der Waals surface area contributed by atoms with Crippen molar-refractivity contribution in [2.75, 3.05) is 5.73 Å². The lowest BCUT2D eigenvalue weighted by molar-refractivity contribution is 0.103. The molecule has 0 unspecified atom stereocenters. The van der Waals surface area contributed by atoms with Crippen molar-refractivity contribution in [3.8, 4) is 0 Å². The molecule has 0 aliphatic rings. The normalized spacial score (nSPS) is 10.0. The van der Waals surface area contributed by atoms with E-state index in [-0.39, 0.29) is 5.78 Å². The quantitative estimate of drug-likeness (QED) is 0.601. The van der Waals surface area contributed by atoms with E-state index in [2.05, 4.69) is 4.98 Å². The number of aromatic nitrogens is 1. The van der Waals surface area contributed by atoms with Crippen molar-refractivity contribution in [2.24, 2.45) is 0 Å². The summed E-state index contributed by atoms with van der Waals surface area (Å²) in [7, 11) is 0. The van der Waals surface area contributed by atoms with E-state index in [9.17, 15) is 4.79 Å². The molecule has 0 saturated carbocycles. The number of nitrogens with zero attached hydrogens (tertiary/aromatic N) is 1. The van der Waals surface area contributed by atoms with Crippen molar-refractivity contribution in [3.05, 3.63) is 46.4 Å². The molecule has 2 aromatic rings. The number of rotatable bonds is 2. The highest BCUT2D eigenvalue weighted by molar-refractivity contribution is 7.11. The minimum Gasteiger partial charge on any atom is -0.399 e. The van der Waals surface area contributed by atoms with Gasteiger partial charge in [0.1, 0.15) is 0 Å². The molecule has 0 radical (unpaired) electrons. The van der Waals surface area contributed by atoms with Gasteiger partial charge in [-0.1, -0.05) is 12.1 Å². The van der Waals surface area contributed by atoms with Gasteiger partial charge in [-0.2, -0.15) is 0 Å². The van der Waals surface area contributed by atoms with Crippen LogP contribution < -0.4 is 5.73 Å². The van der Waals surface area contributed by atoms with Gasteiger partial charge in [0, 0.05) is 22.8 Å². The number of hydrogen-bond donors (Lipinski definition) is 1. The van der Waals surface area contributed by atoms with Crippen molar-refractivity contribution in [1.82, 2.24) is 4.98 Å². The largest absolute Gasteiger partial charge is 0.399 e. The van der Waals surface area contributed by atoms with Gasteiger partial charge in [0.15, 0.2) is 5.01 Å². The van der Waals surface area contributed by atoms with Gasteiger partial charge < -0.3 is 5.73 Å². The number of anilines is 1. The van der Waals surface area contributed by atoms with Crippen LogP contribution in [0, 0.1) is 0 Å². The number of hydrogen-bond acceptors (Lipinski definition) is 4. The molecule has 3 nitrogen and oxygen atoms in total. The average molecular weight is 204 g/mol. The van der Waals surface area contributed by atoms with E-state index >= 15 is 0 Å². The molecule has 0 bridgehead atoms. The van der Waals surface area contributed by atoms with Crippen molar-refractivity contribution < 1.29 is 4.79 Å². The zero-order chi connectivity index (χ0) is 9.97. The van der Waals surface area contributed by atoms with E-state index in [1.54, 1.807) is 35.8 Å². The Morgan fingerprint density at radius 3 is 2.93 bits per heavy atom. The highest BCUT2D eigenvalue weighted by Crippen LogP contribution is 2.14. The van der Waals surface area contributed by atoms with Gasteiger partial charge in [0.2, 0.25) is 5.78 Å². The Balaban J connectivity index is 2.37. The fourth-order valence-corrected chi connectivity index (χ4v) is 1.74. The summed E-state index contributed by atoms with van der Waals surface area (Å²) in [4.78, 5) is 15.7. The molecule has 14 heavy (non-hydrogen) atoms. The highest BCUT2D eigenvalue weighted by atomic mass is 32.1. The van der Waals surface area contributed by atoms with Crippen molar-refractivity contribution in [1.29, 1.82) is 0 Å². The Morgan fingerprint density at radius 2 is 2.29 bits per heavy atom. The van der Waals surface area contributed by atoms with E-state index in [0.717, 1.165) is 0 Å². The van der Waals surface area contributed by atoms with Crippen LogP contribution in [0.25, 0.3) is 0 Å². The SMILES string of the molecule is Nc1cccc(C(=O)c2nccs2)c1. The summed E-state index contributed by atoms with van der Waals surface area (Å²) in [5.41, 5.74) is 6.75. The Labute approximate surface area is 85.2 Å². The first-order valence-corrected chi connectivity index (χ1v) is 4.95. The first-order valence-electron chi connectivity index (χ1n) is 4.07. The van der Waals surface area contributed by atoms with Crippen LogP contribution in [0.5, 0.6) is 0 Å². The predicted molar refractivity (Wildman–Crippen MR) is 56.4 cm³/mol. The second-order valence-electron chi connectivity index (χ2n) is 2.79. The second-order valence-corrected chi connectivity index (χ2v) is 3.69. The minimum atomic E-state index is -0.0766. The number of carbonyl (C=O) groups is 1. The van der Waals surface area contributed by atoms with Crippen LogP contribution >= 0.6 is 11.3 Å². The molecule has 1 aromatic heterocycles. The monoisotopic (exact) mass is 204 g/mol. The van der Waals surface area contributed by atoms with Gasteiger partial charge in [0.05, 0.1) is 0 Å². The fraction of sp³-hybridized carbons (Fsp3) is 0. The summed E-state index contributed by atoms with van der Waals surface area (Å²) in [6, 6.07) is 6.90. The lowest BCUT2D eigenvalue weighted by Crippen LogP contribution is -2.00. The molecule has 0 saturated heterocycles. The molecule has 0 atom stereocenters. The third kappa shape index (κ3) is 1.65. The van der Waals surface area contributed by atoms with Crippen LogP contribution in [0.1, 0.15) is 15.4 Å². The molecule has 1 heterocycles. The number of benzene rings is 1. The summed E-state index contributed by atoms with van der Waals surface area (Å²) in [6.45, 7) is 0. The molecule has 1 aromatic carbocycles. The van der Waals surface area contributed by atoms with Gasteiger partial charge in [-0.3, -0.25) is 4.79 Å². The molecule has 0 fully saturated rings. The van der Waals surface area contributed by atoms with E-state index in [1.165, 1.54) is 11.3 Å². The van der Waals surface area contributed by atoms with Gasteiger partial charge in [-0.15, -0.1) is 11.3 Å². The molecule has 2 rings (SSSR count). The minimum absolute atomic E-state index is 0.0766. The first kappa shape index (κ1) is 8.90. The maximum Gasteiger partial charge on any atom is 0.221 e. The summed E-state index contributed by atoms with van der Waals surface area (Å²) >= 11 is 1.33. The van der Waals surface area contributed by atoms with Crippen molar-refractivity contribution in [3.63, 3.8) is 0 Å². The maximum atomic E-state index is 11.8. The van der Waals surface area contributed by atoms with Gasteiger partial charge in [-0.05, 0) is 12.1 Å². The number of thiazole rings is 1. The summed E-state index contributed by atoms with van der Waals surface area (Å²) < 4.78 is 0. The number of nitrogen functional groups attached to an aromatic ring is 1. The number of ketones is 1. The smallest absolute Gasteiger partial charge is 0.221 e. The maximum absolute atomic E-state index is 11.8. The molecule has 2 N–H and O–H groups in total. The zero-order valence-corrected chi connectivity index (χ0v) is 8.12. The predicted octanol–water partition coefficient (Wildman–Crippen LogP) is 1.96. The van der Waals surface area contributed by atoms with Crippen LogP contribution in [0.15, 0.2) is 35.8 Å². The average Bonchev–Trinajstić information content (AvgIpc) is 2.69. The molecule has 0 aliphatic carbocycles. The van der Waals surface area contributed by atoms with Crippen LogP contribution in [0.3, 0.4) is 0 Å². The Morgan fingerprint density at radius 1 is 1.43 bits per heavy atom. The zero-order valence-electron chi connectivity index (χ0n) is 7.31. The lowest BCUT2D eigenvalue weighted by Gasteiger charge is -1.97. The first-order chi connectivity index (χ1) is 6.77. The van der Waals surface area contributed by atoms with E-state index in [4.69, 9.17) is 5.73 Å². The Hall–Kier alpha value is -1.68. The van der Waals surface area contributed by atoms with Gasteiger partial charge >= 0.3 is 0 Å². The lowest BCUT2D eigenvalue weighted by atomic mass is 10.1. The van der Waals surface area contributed by atoms with Crippen LogP contribution in [0.4, 0.5) is 5.69 Å². The molecule has 0 amide bonds. The van der Waals surface area contributed by atoms with Crippen molar-refractivity contribution in [2.45, 2.75) is 0 Å². The highest BCUT2D eigenvalue weighted by Gasteiger charge is 2.10. The molecule has 0 aliphatic heterocycles. The van der Waals surface area contributed by atoms with E-state index < -0.39 is 0 Å². The Kier molecular flexibility index (Phi) is 2.28. The summed E-state index contributed by atoms with van der Waals surface area (Å²) in [5.74, 6) is -0.0766. The Bertz CT molecular complexity index is 451. The molecule has 70 valence electrons. The van der Waals surface area contributed by atoms with E-state index in [1.807, 2.05) is 0 Å². The summed E-state index contributed by atoms with van der Waals surface area (Å²) in [5, 5.41) is 2.27. The van der Waals surface area contributed by atoms with Crippen LogP contribution in [-0.2, 0) is 0 Å².